The van der Waals surface area contributed by atoms with Gasteiger partial charge in [0.15, 0.2) is 0 Å². The van der Waals surface area contributed by atoms with Crippen LogP contribution in [0, 0.1) is 0 Å². The zero-order valence-electron chi connectivity index (χ0n) is 14.1. The summed E-state index contributed by atoms with van der Waals surface area (Å²) in [6.45, 7) is 2.72. The Hall–Kier alpha value is -1.34. The molecule has 2 atom stereocenters. The largest absolute Gasteiger partial charge is 0.492 e. The van der Waals surface area contributed by atoms with Gasteiger partial charge in [0, 0.05) is 26.2 Å². The lowest BCUT2D eigenvalue weighted by atomic mass is 9.99. The van der Waals surface area contributed by atoms with E-state index in [1.165, 1.54) is 0 Å². The second-order valence-corrected chi connectivity index (χ2v) is 5.75. The summed E-state index contributed by atoms with van der Waals surface area (Å²) >= 11 is 0. The Kier molecular flexibility index (Phi) is 9.71. The smallest absolute Gasteiger partial charge is 0.234 e. The summed E-state index contributed by atoms with van der Waals surface area (Å²) in [7, 11) is 1.73. The fourth-order valence-corrected chi connectivity index (χ4v) is 2.85. The third kappa shape index (κ3) is 6.65. The van der Waals surface area contributed by atoms with Crippen LogP contribution in [-0.2, 0) is 9.53 Å². The number of benzene rings is 1. The first-order chi connectivity index (χ1) is 11.2. The molecule has 0 bridgehead atoms. The number of methoxy groups -OCH3 is 1. The van der Waals surface area contributed by atoms with Crippen molar-refractivity contribution in [2.75, 3.05) is 39.9 Å². The van der Waals surface area contributed by atoms with Gasteiger partial charge in [-0.25, -0.2) is 0 Å². The van der Waals surface area contributed by atoms with E-state index in [1.54, 1.807) is 7.11 Å². The van der Waals surface area contributed by atoms with E-state index in [9.17, 15) is 4.79 Å². The molecule has 24 heavy (non-hydrogen) atoms. The van der Waals surface area contributed by atoms with Gasteiger partial charge in [-0.1, -0.05) is 18.2 Å². The molecule has 1 aromatic rings. The average molecular weight is 358 g/mol. The van der Waals surface area contributed by atoms with E-state index in [4.69, 9.17) is 15.2 Å². The normalized spacial score (nSPS) is 20.9. The maximum Gasteiger partial charge on any atom is 0.234 e. The predicted molar refractivity (Wildman–Crippen MR) is 96.6 cm³/mol. The van der Waals surface area contributed by atoms with Crippen molar-refractivity contribution >= 4 is 18.3 Å². The molecule has 1 heterocycles. The summed E-state index contributed by atoms with van der Waals surface area (Å²) in [5.41, 5.74) is 5.82. The maximum absolute atomic E-state index is 12.1. The van der Waals surface area contributed by atoms with E-state index in [2.05, 4.69) is 10.2 Å². The molecule has 0 spiro atoms. The van der Waals surface area contributed by atoms with Gasteiger partial charge in [-0.15, -0.1) is 12.4 Å². The van der Waals surface area contributed by atoms with Crippen molar-refractivity contribution in [3.8, 4) is 5.75 Å². The highest BCUT2D eigenvalue weighted by Gasteiger charge is 2.28. The van der Waals surface area contributed by atoms with Gasteiger partial charge in [0.2, 0.25) is 5.91 Å². The van der Waals surface area contributed by atoms with Crippen molar-refractivity contribution in [2.45, 2.75) is 25.0 Å². The quantitative estimate of drug-likeness (QED) is 0.680. The number of carbonyl (C=O) groups is 1. The van der Waals surface area contributed by atoms with Gasteiger partial charge in [-0.05, 0) is 25.0 Å². The molecule has 1 amide bonds. The summed E-state index contributed by atoms with van der Waals surface area (Å²) in [5.74, 6) is 0.822. The Balaban J connectivity index is 0.00000288. The molecule has 0 radical (unpaired) electrons. The minimum atomic E-state index is 0. The Morgan fingerprint density at radius 3 is 2.79 bits per heavy atom. The molecule has 0 aliphatic carbocycles. The molecule has 1 aliphatic heterocycles. The molecular formula is C17H28ClN3O3. The fraction of sp³-hybridized carbons (Fsp3) is 0.588. The number of hydrogen-bond acceptors (Lipinski definition) is 5. The number of halogens is 1. The van der Waals surface area contributed by atoms with Crippen molar-refractivity contribution in [2.24, 2.45) is 5.73 Å². The molecule has 1 aromatic carbocycles. The van der Waals surface area contributed by atoms with E-state index < -0.39 is 0 Å². The van der Waals surface area contributed by atoms with Crippen molar-refractivity contribution < 1.29 is 14.3 Å². The van der Waals surface area contributed by atoms with Crippen LogP contribution in [0.5, 0.6) is 5.75 Å². The van der Waals surface area contributed by atoms with E-state index in [0.717, 1.165) is 25.1 Å². The molecule has 6 nitrogen and oxygen atoms in total. The Morgan fingerprint density at radius 1 is 1.38 bits per heavy atom. The van der Waals surface area contributed by atoms with Crippen LogP contribution in [0.1, 0.15) is 12.8 Å². The third-order valence-corrected chi connectivity index (χ3v) is 4.18. The fourth-order valence-electron chi connectivity index (χ4n) is 2.85. The molecule has 2 unspecified atom stereocenters. The number of piperidine rings is 1. The standard InChI is InChI=1S/C17H27N3O3.ClH/c1-22-16-7-9-20(14(11-16)12-18)13-17(21)19-8-10-23-15-5-3-2-4-6-15;/h2-6,14,16H,7-13,18H2,1H3,(H,19,21);1H. The first kappa shape index (κ1) is 20.7. The molecule has 7 heteroatoms. The van der Waals surface area contributed by atoms with Crippen molar-refractivity contribution in [1.82, 2.24) is 10.2 Å². The summed E-state index contributed by atoms with van der Waals surface area (Å²) < 4.78 is 11.0. The summed E-state index contributed by atoms with van der Waals surface area (Å²) in [6, 6.07) is 9.78. The van der Waals surface area contributed by atoms with E-state index in [-0.39, 0.29) is 30.5 Å². The van der Waals surface area contributed by atoms with Crippen LogP contribution < -0.4 is 15.8 Å². The third-order valence-electron chi connectivity index (χ3n) is 4.18. The topological polar surface area (TPSA) is 76.8 Å². The number of carbonyl (C=O) groups excluding carboxylic acids is 1. The molecule has 136 valence electrons. The van der Waals surface area contributed by atoms with E-state index in [1.807, 2.05) is 30.3 Å². The van der Waals surface area contributed by atoms with Crippen LogP contribution in [0.15, 0.2) is 30.3 Å². The lowest BCUT2D eigenvalue weighted by Gasteiger charge is -2.37. The maximum atomic E-state index is 12.1. The second kappa shape index (κ2) is 11.3. The Bertz CT molecular complexity index is 475. The molecular weight excluding hydrogens is 330 g/mol. The highest BCUT2D eigenvalue weighted by molar-refractivity contribution is 5.85. The second-order valence-electron chi connectivity index (χ2n) is 5.75. The van der Waals surface area contributed by atoms with Gasteiger partial charge in [0.25, 0.3) is 0 Å². The summed E-state index contributed by atoms with van der Waals surface area (Å²) in [6.07, 6.45) is 2.08. The van der Waals surface area contributed by atoms with Crippen LogP contribution in [0.3, 0.4) is 0 Å². The monoisotopic (exact) mass is 357 g/mol. The zero-order chi connectivity index (χ0) is 16.5. The van der Waals surface area contributed by atoms with Gasteiger partial charge in [0.05, 0.1) is 19.2 Å². The minimum absolute atomic E-state index is 0. The highest BCUT2D eigenvalue weighted by atomic mass is 35.5. The van der Waals surface area contributed by atoms with Gasteiger partial charge in [-0.3, -0.25) is 9.69 Å². The van der Waals surface area contributed by atoms with Crippen LogP contribution in [0.25, 0.3) is 0 Å². The Labute approximate surface area is 150 Å². The molecule has 1 fully saturated rings. The minimum Gasteiger partial charge on any atom is -0.492 e. The first-order valence-corrected chi connectivity index (χ1v) is 8.14. The predicted octanol–water partition coefficient (Wildman–Crippen LogP) is 1.04. The van der Waals surface area contributed by atoms with Crippen molar-refractivity contribution in [1.29, 1.82) is 0 Å². The number of likely N-dealkylation sites (tertiary alicyclic amines) is 1. The summed E-state index contributed by atoms with van der Waals surface area (Å²) in [4.78, 5) is 14.2. The van der Waals surface area contributed by atoms with Gasteiger partial charge >= 0.3 is 0 Å². The molecule has 2 rings (SSSR count). The van der Waals surface area contributed by atoms with Gasteiger partial charge in [0.1, 0.15) is 12.4 Å². The van der Waals surface area contributed by atoms with Gasteiger partial charge < -0.3 is 20.5 Å². The average Bonchev–Trinajstić information content (AvgIpc) is 2.60. The number of nitrogens with two attached hydrogens (primary N) is 1. The van der Waals surface area contributed by atoms with Crippen molar-refractivity contribution in [3.05, 3.63) is 30.3 Å². The number of nitrogens with zero attached hydrogens (tertiary/aromatic N) is 1. The number of para-hydroxylation sites is 1. The molecule has 3 N–H and O–H groups in total. The van der Waals surface area contributed by atoms with E-state index in [0.29, 0.717) is 26.2 Å². The first-order valence-electron chi connectivity index (χ1n) is 8.14. The van der Waals surface area contributed by atoms with Crippen LogP contribution in [0.2, 0.25) is 0 Å². The number of ether oxygens (including phenoxy) is 2. The Morgan fingerprint density at radius 2 is 2.12 bits per heavy atom. The SMILES string of the molecule is COC1CCN(CC(=O)NCCOc2ccccc2)C(CN)C1.Cl. The number of hydrogen-bond donors (Lipinski definition) is 2. The number of amides is 1. The zero-order valence-corrected chi connectivity index (χ0v) is 15.0. The molecule has 1 aliphatic rings. The molecule has 1 saturated heterocycles. The number of rotatable bonds is 8. The molecule has 0 saturated carbocycles. The highest BCUT2D eigenvalue weighted by Crippen LogP contribution is 2.18. The van der Waals surface area contributed by atoms with Crippen molar-refractivity contribution in [3.63, 3.8) is 0 Å². The van der Waals surface area contributed by atoms with Crippen LogP contribution in [-0.4, -0.2) is 62.8 Å². The van der Waals surface area contributed by atoms with Gasteiger partial charge in [-0.2, -0.15) is 0 Å². The number of nitrogens with one attached hydrogen (secondary N) is 1. The molecule has 0 aromatic heterocycles. The van der Waals surface area contributed by atoms with Crippen LogP contribution >= 0.6 is 12.4 Å². The lowest BCUT2D eigenvalue weighted by molar-refractivity contribution is -0.123. The van der Waals surface area contributed by atoms with E-state index >= 15 is 0 Å². The summed E-state index contributed by atoms with van der Waals surface area (Å²) in [5, 5.41) is 2.89. The lowest BCUT2D eigenvalue weighted by Crippen LogP contribution is -2.52. The van der Waals surface area contributed by atoms with Crippen LogP contribution in [0.4, 0.5) is 0 Å².